The van der Waals surface area contributed by atoms with Crippen LogP contribution in [0.4, 0.5) is 0 Å². The Morgan fingerprint density at radius 2 is 2.12 bits per heavy atom. The summed E-state index contributed by atoms with van der Waals surface area (Å²) in [7, 11) is 1.72. The minimum Gasteiger partial charge on any atom is -0.496 e. The standard InChI is InChI=1S/C14H22N2O/c1-10-7-16-12(11(2)13(10)17-4)8-15-9-14(3)5-6-14/h7,15H,5-6,8-9H2,1-4H3. The first-order valence-electron chi connectivity index (χ1n) is 6.25. The van der Waals surface area contributed by atoms with Gasteiger partial charge in [0.2, 0.25) is 0 Å². The van der Waals surface area contributed by atoms with Gasteiger partial charge in [0.15, 0.2) is 0 Å². The lowest BCUT2D eigenvalue weighted by molar-refractivity contribution is 0.406. The van der Waals surface area contributed by atoms with Gasteiger partial charge in [-0.3, -0.25) is 4.98 Å². The fourth-order valence-corrected chi connectivity index (χ4v) is 2.12. The highest BCUT2D eigenvalue weighted by atomic mass is 16.5. The quantitative estimate of drug-likeness (QED) is 0.850. The van der Waals surface area contributed by atoms with E-state index in [2.05, 4.69) is 24.1 Å². The van der Waals surface area contributed by atoms with Gasteiger partial charge in [0.1, 0.15) is 5.75 Å². The van der Waals surface area contributed by atoms with Gasteiger partial charge in [-0.15, -0.1) is 0 Å². The molecule has 3 nitrogen and oxygen atoms in total. The molecule has 2 rings (SSSR count). The van der Waals surface area contributed by atoms with Crippen LogP contribution in [0.3, 0.4) is 0 Å². The van der Waals surface area contributed by atoms with Crippen LogP contribution in [-0.2, 0) is 6.54 Å². The summed E-state index contributed by atoms with van der Waals surface area (Å²) in [4.78, 5) is 4.48. The first kappa shape index (κ1) is 12.4. The third-order valence-corrected chi connectivity index (χ3v) is 3.70. The maximum Gasteiger partial charge on any atom is 0.128 e. The number of methoxy groups -OCH3 is 1. The number of nitrogens with one attached hydrogen (secondary N) is 1. The van der Waals surface area contributed by atoms with E-state index in [-0.39, 0.29) is 0 Å². The number of aryl methyl sites for hydroxylation is 1. The SMILES string of the molecule is COc1c(C)cnc(CNCC2(C)CC2)c1C. The lowest BCUT2D eigenvalue weighted by Crippen LogP contribution is -2.22. The Hall–Kier alpha value is -1.09. The normalized spacial score (nSPS) is 16.9. The van der Waals surface area contributed by atoms with E-state index in [4.69, 9.17) is 4.74 Å². The van der Waals surface area contributed by atoms with Crippen LogP contribution in [0.1, 0.15) is 36.6 Å². The number of rotatable bonds is 5. The van der Waals surface area contributed by atoms with E-state index >= 15 is 0 Å². The molecule has 0 amide bonds. The van der Waals surface area contributed by atoms with E-state index in [1.165, 1.54) is 12.8 Å². The molecule has 1 saturated carbocycles. The van der Waals surface area contributed by atoms with Gasteiger partial charge in [0.05, 0.1) is 12.8 Å². The van der Waals surface area contributed by atoms with Crippen molar-refractivity contribution in [3.8, 4) is 5.75 Å². The average molecular weight is 234 g/mol. The molecule has 0 aliphatic heterocycles. The molecule has 1 heterocycles. The van der Waals surface area contributed by atoms with E-state index in [0.29, 0.717) is 5.41 Å². The molecular weight excluding hydrogens is 212 g/mol. The Morgan fingerprint density at radius 3 is 2.71 bits per heavy atom. The van der Waals surface area contributed by atoms with Gasteiger partial charge in [-0.1, -0.05) is 6.92 Å². The second-order valence-electron chi connectivity index (χ2n) is 5.46. The molecule has 0 radical (unpaired) electrons. The molecule has 1 aliphatic rings. The Morgan fingerprint density at radius 1 is 1.41 bits per heavy atom. The fraction of sp³-hybridized carbons (Fsp3) is 0.643. The Balaban J connectivity index is 2.00. The summed E-state index contributed by atoms with van der Waals surface area (Å²) in [6.45, 7) is 8.36. The van der Waals surface area contributed by atoms with Crippen molar-refractivity contribution in [3.63, 3.8) is 0 Å². The topological polar surface area (TPSA) is 34.1 Å². The minimum absolute atomic E-state index is 0.544. The lowest BCUT2D eigenvalue weighted by Gasteiger charge is -2.14. The van der Waals surface area contributed by atoms with E-state index < -0.39 is 0 Å². The highest BCUT2D eigenvalue weighted by Gasteiger charge is 2.36. The molecule has 0 spiro atoms. The predicted molar refractivity (Wildman–Crippen MR) is 69.3 cm³/mol. The van der Waals surface area contributed by atoms with Crippen molar-refractivity contribution in [2.75, 3.05) is 13.7 Å². The van der Waals surface area contributed by atoms with E-state index in [0.717, 1.165) is 35.7 Å². The first-order valence-corrected chi connectivity index (χ1v) is 6.25. The largest absolute Gasteiger partial charge is 0.496 e. The summed E-state index contributed by atoms with van der Waals surface area (Å²) in [5.41, 5.74) is 3.89. The zero-order chi connectivity index (χ0) is 12.5. The monoisotopic (exact) mass is 234 g/mol. The number of hydrogen-bond acceptors (Lipinski definition) is 3. The molecule has 94 valence electrons. The van der Waals surface area contributed by atoms with Gasteiger partial charge >= 0.3 is 0 Å². The number of aromatic nitrogens is 1. The molecule has 0 aromatic carbocycles. The minimum atomic E-state index is 0.544. The number of hydrogen-bond donors (Lipinski definition) is 1. The maximum atomic E-state index is 5.41. The first-order chi connectivity index (χ1) is 8.06. The Bertz CT molecular complexity index is 411. The average Bonchev–Trinajstić information content (AvgIpc) is 3.01. The van der Waals surface area contributed by atoms with Crippen LogP contribution in [0.15, 0.2) is 6.20 Å². The van der Waals surface area contributed by atoms with Gasteiger partial charge in [-0.2, -0.15) is 0 Å². The molecule has 0 bridgehead atoms. The van der Waals surface area contributed by atoms with Gasteiger partial charge in [0.25, 0.3) is 0 Å². The van der Waals surface area contributed by atoms with Gasteiger partial charge in [-0.05, 0) is 32.1 Å². The zero-order valence-electron chi connectivity index (χ0n) is 11.3. The van der Waals surface area contributed by atoms with Gasteiger partial charge in [-0.25, -0.2) is 0 Å². The summed E-state index contributed by atoms with van der Waals surface area (Å²) in [6, 6.07) is 0. The van der Waals surface area contributed by atoms with Crippen LogP contribution in [0.2, 0.25) is 0 Å². The van der Waals surface area contributed by atoms with Gasteiger partial charge in [0, 0.05) is 30.4 Å². The lowest BCUT2D eigenvalue weighted by atomic mass is 10.1. The molecule has 0 atom stereocenters. The van der Waals surface area contributed by atoms with Crippen molar-refractivity contribution in [2.45, 2.75) is 40.2 Å². The van der Waals surface area contributed by atoms with E-state index in [1.807, 2.05) is 13.1 Å². The molecule has 1 aromatic rings. The Kier molecular flexibility index (Phi) is 3.38. The van der Waals surface area contributed by atoms with Crippen LogP contribution in [0, 0.1) is 19.3 Å². The molecule has 3 heteroatoms. The predicted octanol–water partition coefficient (Wildman–Crippen LogP) is 2.60. The smallest absolute Gasteiger partial charge is 0.128 e. The number of ether oxygens (including phenoxy) is 1. The molecule has 1 N–H and O–H groups in total. The van der Waals surface area contributed by atoms with Crippen molar-refractivity contribution in [1.82, 2.24) is 10.3 Å². The molecule has 0 unspecified atom stereocenters. The molecule has 1 aliphatic carbocycles. The third kappa shape index (κ3) is 2.78. The molecule has 0 saturated heterocycles. The fourth-order valence-electron chi connectivity index (χ4n) is 2.12. The van der Waals surface area contributed by atoms with Crippen LogP contribution >= 0.6 is 0 Å². The van der Waals surface area contributed by atoms with Crippen molar-refractivity contribution in [1.29, 1.82) is 0 Å². The molecule has 17 heavy (non-hydrogen) atoms. The van der Waals surface area contributed by atoms with E-state index in [1.54, 1.807) is 7.11 Å². The second-order valence-corrected chi connectivity index (χ2v) is 5.46. The summed E-state index contributed by atoms with van der Waals surface area (Å²) in [5, 5.41) is 3.50. The maximum absolute atomic E-state index is 5.41. The van der Waals surface area contributed by atoms with Crippen LogP contribution in [0.25, 0.3) is 0 Å². The highest BCUT2D eigenvalue weighted by Crippen LogP contribution is 2.44. The van der Waals surface area contributed by atoms with Crippen molar-refractivity contribution < 1.29 is 4.74 Å². The second kappa shape index (κ2) is 4.65. The summed E-state index contributed by atoms with van der Waals surface area (Å²) < 4.78 is 5.41. The van der Waals surface area contributed by atoms with Crippen molar-refractivity contribution in [2.24, 2.45) is 5.41 Å². The Labute approximate surface area is 104 Å². The molecular formula is C14H22N2O. The van der Waals surface area contributed by atoms with Crippen molar-refractivity contribution in [3.05, 3.63) is 23.0 Å². The van der Waals surface area contributed by atoms with Gasteiger partial charge < -0.3 is 10.1 Å². The number of nitrogens with zero attached hydrogens (tertiary/aromatic N) is 1. The van der Waals surface area contributed by atoms with Crippen LogP contribution in [-0.4, -0.2) is 18.6 Å². The summed E-state index contributed by atoms with van der Waals surface area (Å²) >= 11 is 0. The van der Waals surface area contributed by atoms with Crippen LogP contribution in [0.5, 0.6) is 5.75 Å². The third-order valence-electron chi connectivity index (χ3n) is 3.70. The molecule has 1 aromatic heterocycles. The zero-order valence-corrected chi connectivity index (χ0v) is 11.3. The summed E-state index contributed by atoms with van der Waals surface area (Å²) in [6.07, 6.45) is 4.59. The number of pyridine rings is 1. The van der Waals surface area contributed by atoms with Crippen LogP contribution < -0.4 is 10.1 Å². The van der Waals surface area contributed by atoms with E-state index in [9.17, 15) is 0 Å². The summed E-state index contributed by atoms with van der Waals surface area (Å²) in [5.74, 6) is 0.967. The van der Waals surface area contributed by atoms with Crippen molar-refractivity contribution >= 4 is 0 Å². The highest BCUT2D eigenvalue weighted by molar-refractivity contribution is 5.40. The molecule has 1 fully saturated rings.